The minimum atomic E-state index is -0.302. The summed E-state index contributed by atoms with van der Waals surface area (Å²) in [6, 6.07) is 8.19. The molecule has 0 aliphatic rings. The smallest absolute Gasteiger partial charge is 0.315 e. The van der Waals surface area contributed by atoms with Gasteiger partial charge in [-0.3, -0.25) is 4.79 Å². The number of rotatable bonds is 4. The molecule has 1 unspecified atom stereocenters. The van der Waals surface area contributed by atoms with E-state index in [1.165, 1.54) is 16.9 Å². The lowest BCUT2D eigenvalue weighted by Gasteiger charge is -2.06. The summed E-state index contributed by atoms with van der Waals surface area (Å²) in [5.41, 5.74) is 3.20. The predicted octanol–water partition coefficient (Wildman–Crippen LogP) is 3.79. The molecule has 1 heterocycles. The molecule has 2 rings (SSSR count). The molecule has 0 fully saturated rings. The standard InChI is InChI=1S/C15H17NO2S/c1-4-18-15(17)11(3)14-16-13(9-19-14)12-7-5-6-10(2)8-12/h5-9,11H,4H2,1-3H3. The van der Waals surface area contributed by atoms with Gasteiger partial charge >= 0.3 is 5.97 Å². The van der Waals surface area contributed by atoms with E-state index in [0.717, 1.165) is 16.3 Å². The first kappa shape index (κ1) is 13.7. The Labute approximate surface area is 117 Å². The van der Waals surface area contributed by atoms with Gasteiger partial charge in [-0.2, -0.15) is 0 Å². The topological polar surface area (TPSA) is 39.2 Å². The number of carbonyl (C=O) groups is 1. The van der Waals surface area contributed by atoms with Crippen LogP contribution in [0.4, 0.5) is 0 Å². The predicted molar refractivity (Wildman–Crippen MR) is 77.3 cm³/mol. The molecule has 2 aromatic rings. The molecule has 0 saturated heterocycles. The van der Waals surface area contributed by atoms with Gasteiger partial charge in [0.1, 0.15) is 10.9 Å². The zero-order valence-electron chi connectivity index (χ0n) is 11.3. The highest BCUT2D eigenvalue weighted by Crippen LogP contribution is 2.27. The zero-order chi connectivity index (χ0) is 13.8. The van der Waals surface area contributed by atoms with E-state index in [-0.39, 0.29) is 11.9 Å². The van der Waals surface area contributed by atoms with Crippen LogP contribution in [0.25, 0.3) is 11.3 Å². The molecule has 0 amide bonds. The molecule has 100 valence electrons. The van der Waals surface area contributed by atoms with Gasteiger partial charge in [0.15, 0.2) is 0 Å². The summed E-state index contributed by atoms with van der Waals surface area (Å²) in [6.07, 6.45) is 0. The van der Waals surface area contributed by atoms with Crippen LogP contribution in [-0.2, 0) is 9.53 Å². The zero-order valence-corrected chi connectivity index (χ0v) is 12.2. The molecule has 0 N–H and O–H groups in total. The van der Waals surface area contributed by atoms with Gasteiger partial charge in [0, 0.05) is 10.9 Å². The Kier molecular flexibility index (Phi) is 4.32. The van der Waals surface area contributed by atoms with E-state index in [2.05, 4.69) is 24.0 Å². The van der Waals surface area contributed by atoms with Crippen molar-refractivity contribution in [3.63, 3.8) is 0 Å². The quantitative estimate of drug-likeness (QED) is 0.797. The molecule has 0 bridgehead atoms. The minimum absolute atomic E-state index is 0.215. The molecular weight excluding hydrogens is 258 g/mol. The van der Waals surface area contributed by atoms with Crippen LogP contribution >= 0.6 is 11.3 Å². The van der Waals surface area contributed by atoms with Crippen molar-refractivity contribution in [1.29, 1.82) is 0 Å². The Morgan fingerprint density at radius 2 is 2.26 bits per heavy atom. The van der Waals surface area contributed by atoms with Gasteiger partial charge in [0.2, 0.25) is 0 Å². The molecular formula is C15H17NO2S. The van der Waals surface area contributed by atoms with Gasteiger partial charge in [-0.1, -0.05) is 23.8 Å². The highest BCUT2D eigenvalue weighted by Gasteiger charge is 2.20. The van der Waals surface area contributed by atoms with Crippen LogP contribution < -0.4 is 0 Å². The summed E-state index contributed by atoms with van der Waals surface area (Å²) in [5, 5.41) is 2.79. The van der Waals surface area contributed by atoms with E-state index < -0.39 is 0 Å². The Balaban J connectivity index is 2.21. The molecule has 4 heteroatoms. The van der Waals surface area contributed by atoms with Gasteiger partial charge in [0.05, 0.1) is 12.3 Å². The van der Waals surface area contributed by atoms with Crippen molar-refractivity contribution in [2.45, 2.75) is 26.7 Å². The van der Waals surface area contributed by atoms with Gasteiger partial charge in [-0.25, -0.2) is 4.98 Å². The van der Waals surface area contributed by atoms with Crippen molar-refractivity contribution < 1.29 is 9.53 Å². The number of ether oxygens (including phenoxy) is 1. The molecule has 0 aliphatic carbocycles. The van der Waals surface area contributed by atoms with E-state index in [1.54, 1.807) is 0 Å². The fourth-order valence-corrected chi connectivity index (χ4v) is 2.66. The van der Waals surface area contributed by atoms with Crippen LogP contribution in [0.3, 0.4) is 0 Å². The van der Waals surface area contributed by atoms with Crippen LogP contribution in [0.15, 0.2) is 29.6 Å². The largest absolute Gasteiger partial charge is 0.465 e. The van der Waals surface area contributed by atoms with E-state index in [0.29, 0.717) is 6.61 Å². The van der Waals surface area contributed by atoms with Crippen LogP contribution in [0.1, 0.15) is 30.3 Å². The summed E-state index contributed by atoms with van der Waals surface area (Å²) in [4.78, 5) is 16.2. The maximum absolute atomic E-state index is 11.7. The SMILES string of the molecule is CCOC(=O)C(C)c1nc(-c2cccc(C)c2)cs1. The summed E-state index contributed by atoms with van der Waals surface area (Å²) in [5.74, 6) is -0.517. The number of esters is 1. The summed E-state index contributed by atoms with van der Waals surface area (Å²) >= 11 is 1.50. The second kappa shape index (κ2) is 5.97. The lowest BCUT2D eigenvalue weighted by molar-refractivity contribution is -0.144. The molecule has 1 atom stereocenters. The van der Waals surface area contributed by atoms with Gasteiger partial charge in [0.25, 0.3) is 0 Å². The van der Waals surface area contributed by atoms with E-state index >= 15 is 0 Å². The summed E-state index contributed by atoms with van der Waals surface area (Å²) in [6.45, 7) is 6.10. The lowest BCUT2D eigenvalue weighted by atomic mass is 10.1. The third-order valence-electron chi connectivity index (χ3n) is 2.85. The molecule has 3 nitrogen and oxygen atoms in total. The Hall–Kier alpha value is -1.68. The third kappa shape index (κ3) is 3.20. The molecule has 19 heavy (non-hydrogen) atoms. The number of hydrogen-bond acceptors (Lipinski definition) is 4. The monoisotopic (exact) mass is 275 g/mol. The minimum Gasteiger partial charge on any atom is -0.465 e. The van der Waals surface area contributed by atoms with Gasteiger partial charge in [-0.05, 0) is 26.8 Å². The number of aryl methyl sites for hydroxylation is 1. The number of nitrogens with zero attached hydrogens (tertiary/aromatic N) is 1. The molecule has 0 radical (unpaired) electrons. The average Bonchev–Trinajstić information content (AvgIpc) is 2.87. The first-order valence-electron chi connectivity index (χ1n) is 6.31. The number of hydrogen-bond donors (Lipinski definition) is 0. The van der Waals surface area contributed by atoms with Gasteiger partial charge in [-0.15, -0.1) is 11.3 Å². The van der Waals surface area contributed by atoms with Crippen molar-refractivity contribution in [1.82, 2.24) is 4.98 Å². The number of carbonyl (C=O) groups excluding carboxylic acids is 1. The number of thiazole rings is 1. The second-order valence-corrected chi connectivity index (χ2v) is 5.30. The van der Waals surface area contributed by atoms with Crippen molar-refractivity contribution >= 4 is 17.3 Å². The van der Waals surface area contributed by atoms with Crippen molar-refractivity contribution in [2.24, 2.45) is 0 Å². The van der Waals surface area contributed by atoms with Crippen molar-refractivity contribution in [3.05, 3.63) is 40.2 Å². The average molecular weight is 275 g/mol. The lowest BCUT2D eigenvalue weighted by Crippen LogP contribution is -2.12. The fraction of sp³-hybridized carbons (Fsp3) is 0.333. The fourth-order valence-electron chi connectivity index (χ4n) is 1.79. The molecule has 0 spiro atoms. The van der Waals surface area contributed by atoms with Crippen molar-refractivity contribution in [3.8, 4) is 11.3 Å². The summed E-state index contributed by atoms with van der Waals surface area (Å²) < 4.78 is 5.02. The van der Waals surface area contributed by atoms with Crippen molar-refractivity contribution in [2.75, 3.05) is 6.61 Å². The van der Waals surface area contributed by atoms with E-state index in [1.807, 2.05) is 31.4 Å². The first-order valence-corrected chi connectivity index (χ1v) is 7.19. The summed E-state index contributed by atoms with van der Waals surface area (Å²) in [7, 11) is 0. The van der Waals surface area contributed by atoms with Crippen LogP contribution in [0.5, 0.6) is 0 Å². The third-order valence-corrected chi connectivity index (χ3v) is 3.87. The maximum Gasteiger partial charge on any atom is 0.315 e. The highest BCUT2D eigenvalue weighted by atomic mass is 32.1. The first-order chi connectivity index (χ1) is 9.11. The maximum atomic E-state index is 11.7. The van der Waals surface area contributed by atoms with Crippen LogP contribution in [-0.4, -0.2) is 17.6 Å². The second-order valence-electron chi connectivity index (χ2n) is 4.41. The molecule has 0 saturated carbocycles. The Morgan fingerprint density at radius 1 is 1.47 bits per heavy atom. The normalized spacial score (nSPS) is 12.2. The molecule has 1 aromatic carbocycles. The molecule has 1 aromatic heterocycles. The Bertz CT molecular complexity index is 577. The van der Waals surface area contributed by atoms with E-state index in [9.17, 15) is 4.79 Å². The number of aromatic nitrogens is 1. The molecule has 0 aliphatic heterocycles. The van der Waals surface area contributed by atoms with Crippen LogP contribution in [0.2, 0.25) is 0 Å². The van der Waals surface area contributed by atoms with Gasteiger partial charge < -0.3 is 4.74 Å². The number of benzene rings is 1. The highest BCUT2D eigenvalue weighted by molar-refractivity contribution is 7.10. The Morgan fingerprint density at radius 3 is 2.95 bits per heavy atom. The van der Waals surface area contributed by atoms with Crippen LogP contribution in [0, 0.1) is 6.92 Å². The van der Waals surface area contributed by atoms with E-state index in [4.69, 9.17) is 4.74 Å².